The topological polar surface area (TPSA) is 24.7 Å². The summed E-state index contributed by atoms with van der Waals surface area (Å²) >= 11 is 0. The van der Waals surface area contributed by atoms with Crippen LogP contribution in [0.4, 0.5) is 11.4 Å². The fraction of sp³-hybridized carbons (Fsp3) is 0. The third kappa shape index (κ3) is 4.63. The lowest BCUT2D eigenvalue weighted by Gasteiger charge is -2.16. The molecular weight excluding hydrogens is 532 g/mol. The van der Waals surface area contributed by atoms with Gasteiger partial charge in [0.2, 0.25) is 0 Å². The molecule has 206 valence electrons. The van der Waals surface area contributed by atoms with Gasteiger partial charge in [0.05, 0.1) is 11.4 Å². The molecule has 0 amide bonds. The molecule has 8 rings (SSSR count). The second kappa shape index (κ2) is 11.1. The molecule has 0 aliphatic heterocycles. The Morgan fingerprint density at radius 1 is 0.295 bits per heavy atom. The van der Waals surface area contributed by atoms with Crippen molar-refractivity contribution in [2.45, 2.75) is 0 Å². The molecule has 8 aromatic rings. The molecule has 0 aliphatic rings. The van der Waals surface area contributed by atoms with Crippen LogP contribution in [0.1, 0.15) is 11.1 Å². The fourth-order valence-corrected chi connectivity index (χ4v) is 6.26. The quantitative estimate of drug-likeness (QED) is 0.187. The highest BCUT2D eigenvalue weighted by atomic mass is 14.7. The standard InChI is InChI=1S/C42H28N2/c1-5-19-35-29(11-1)15-9-17-33(35)27-43-39-25-23-31-13-3-7-21-37(31)41(39)42-38-22-8-4-14-32(38)24-26-40(42)44-28-34-18-10-16-30-12-2-6-20-36(30)34/h1-28H. The van der Waals surface area contributed by atoms with E-state index in [9.17, 15) is 0 Å². The number of benzene rings is 8. The molecule has 8 aromatic carbocycles. The van der Waals surface area contributed by atoms with Crippen molar-refractivity contribution in [2.24, 2.45) is 9.98 Å². The summed E-state index contributed by atoms with van der Waals surface area (Å²) in [7, 11) is 0. The van der Waals surface area contributed by atoms with Crippen LogP contribution in [0.25, 0.3) is 54.2 Å². The smallest absolute Gasteiger partial charge is 0.0715 e. The minimum Gasteiger partial charge on any atom is -0.256 e. The van der Waals surface area contributed by atoms with Gasteiger partial charge in [-0.05, 0) is 55.2 Å². The highest BCUT2D eigenvalue weighted by Gasteiger charge is 2.17. The van der Waals surface area contributed by atoms with Crippen LogP contribution in [0.2, 0.25) is 0 Å². The summed E-state index contributed by atoms with van der Waals surface area (Å²) in [5.74, 6) is 0. The Kier molecular flexibility index (Phi) is 6.51. The zero-order valence-electron chi connectivity index (χ0n) is 24.1. The molecule has 0 heterocycles. The maximum Gasteiger partial charge on any atom is 0.0715 e. The minimum atomic E-state index is 0.912. The maximum absolute atomic E-state index is 5.18. The molecule has 0 radical (unpaired) electrons. The Bertz CT molecular complexity index is 2220. The van der Waals surface area contributed by atoms with Gasteiger partial charge in [-0.2, -0.15) is 0 Å². The first-order chi connectivity index (χ1) is 21.8. The average Bonchev–Trinajstić information content (AvgIpc) is 3.09. The van der Waals surface area contributed by atoms with Crippen LogP contribution in [-0.2, 0) is 0 Å². The van der Waals surface area contributed by atoms with E-state index >= 15 is 0 Å². The lowest BCUT2D eigenvalue weighted by Crippen LogP contribution is -1.90. The van der Waals surface area contributed by atoms with E-state index in [0.29, 0.717) is 0 Å². The van der Waals surface area contributed by atoms with E-state index in [0.717, 1.165) is 44.4 Å². The second-order valence-electron chi connectivity index (χ2n) is 11.0. The molecule has 0 saturated carbocycles. The predicted molar refractivity (Wildman–Crippen MR) is 189 cm³/mol. The van der Waals surface area contributed by atoms with Crippen molar-refractivity contribution >= 4 is 66.9 Å². The highest BCUT2D eigenvalue weighted by molar-refractivity contribution is 6.14. The largest absolute Gasteiger partial charge is 0.256 e. The van der Waals surface area contributed by atoms with E-state index < -0.39 is 0 Å². The zero-order chi connectivity index (χ0) is 29.3. The Hall–Kier alpha value is -5.86. The first-order valence-electron chi connectivity index (χ1n) is 14.9. The molecule has 2 heteroatoms. The fourth-order valence-electron chi connectivity index (χ4n) is 6.26. The van der Waals surface area contributed by atoms with Gasteiger partial charge in [0.25, 0.3) is 0 Å². The molecule has 0 spiro atoms. The van der Waals surface area contributed by atoms with Crippen LogP contribution in [0, 0.1) is 0 Å². The molecule has 0 aliphatic carbocycles. The SMILES string of the molecule is C(=Nc1ccc2ccccc2c1-c1c(N=Cc2cccc3ccccc23)ccc2ccccc12)c1cccc2ccccc12. The molecule has 0 aromatic heterocycles. The van der Waals surface area contributed by atoms with Gasteiger partial charge in [0.15, 0.2) is 0 Å². The lowest BCUT2D eigenvalue weighted by molar-refractivity contribution is 1.51. The first-order valence-corrected chi connectivity index (χ1v) is 14.9. The molecule has 2 nitrogen and oxygen atoms in total. The molecule has 0 bridgehead atoms. The van der Waals surface area contributed by atoms with Crippen molar-refractivity contribution < 1.29 is 0 Å². The normalized spacial score (nSPS) is 11.9. The van der Waals surface area contributed by atoms with E-state index in [1.54, 1.807) is 0 Å². The van der Waals surface area contributed by atoms with Gasteiger partial charge in [0.1, 0.15) is 0 Å². The Labute approximate surface area is 256 Å². The number of nitrogens with zero attached hydrogens (tertiary/aromatic N) is 2. The third-order valence-corrected chi connectivity index (χ3v) is 8.40. The average molecular weight is 561 g/mol. The summed E-state index contributed by atoms with van der Waals surface area (Å²) in [6.45, 7) is 0. The molecule has 0 atom stereocenters. The maximum atomic E-state index is 5.18. The van der Waals surface area contributed by atoms with Gasteiger partial charge in [-0.1, -0.05) is 146 Å². The first kappa shape index (κ1) is 25.8. The Morgan fingerprint density at radius 2 is 0.636 bits per heavy atom. The third-order valence-electron chi connectivity index (χ3n) is 8.40. The van der Waals surface area contributed by atoms with Gasteiger partial charge in [-0.25, -0.2) is 0 Å². The van der Waals surface area contributed by atoms with Crippen molar-refractivity contribution in [3.63, 3.8) is 0 Å². The summed E-state index contributed by atoms with van der Waals surface area (Å²) in [5, 5.41) is 9.42. The van der Waals surface area contributed by atoms with Crippen molar-refractivity contribution in [3.8, 4) is 11.1 Å². The molecule has 0 unspecified atom stereocenters. The summed E-state index contributed by atoms with van der Waals surface area (Å²) in [4.78, 5) is 10.4. The van der Waals surface area contributed by atoms with E-state index in [2.05, 4.69) is 158 Å². The van der Waals surface area contributed by atoms with Crippen LogP contribution < -0.4 is 0 Å². The van der Waals surface area contributed by atoms with Crippen LogP contribution in [0.5, 0.6) is 0 Å². The van der Waals surface area contributed by atoms with Crippen molar-refractivity contribution in [2.75, 3.05) is 0 Å². The Balaban J connectivity index is 1.37. The molecule has 0 fully saturated rings. The van der Waals surface area contributed by atoms with Crippen molar-refractivity contribution in [3.05, 3.63) is 169 Å². The van der Waals surface area contributed by atoms with Gasteiger partial charge >= 0.3 is 0 Å². The highest BCUT2D eigenvalue weighted by Crippen LogP contribution is 2.45. The number of rotatable bonds is 5. The van der Waals surface area contributed by atoms with E-state index in [1.807, 2.05) is 12.4 Å². The monoisotopic (exact) mass is 560 g/mol. The van der Waals surface area contributed by atoms with Crippen LogP contribution >= 0.6 is 0 Å². The Morgan fingerprint density at radius 3 is 1.07 bits per heavy atom. The van der Waals surface area contributed by atoms with Crippen LogP contribution in [0.3, 0.4) is 0 Å². The molecular formula is C42H28N2. The van der Waals surface area contributed by atoms with Gasteiger partial charge < -0.3 is 0 Å². The lowest BCUT2D eigenvalue weighted by atomic mass is 9.91. The second-order valence-corrected chi connectivity index (χ2v) is 11.0. The number of hydrogen-bond donors (Lipinski definition) is 0. The van der Waals surface area contributed by atoms with E-state index in [-0.39, 0.29) is 0 Å². The molecule has 44 heavy (non-hydrogen) atoms. The minimum absolute atomic E-state index is 0.912. The van der Waals surface area contributed by atoms with Crippen molar-refractivity contribution in [1.82, 2.24) is 0 Å². The van der Waals surface area contributed by atoms with Gasteiger partial charge in [-0.3, -0.25) is 9.98 Å². The number of aliphatic imine (C=N–C) groups is 2. The molecule has 0 saturated heterocycles. The van der Waals surface area contributed by atoms with Crippen molar-refractivity contribution in [1.29, 1.82) is 0 Å². The predicted octanol–water partition coefficient (Wildman–Crippen LogP) is 11.5. The number of fused-ring (bicyclic) bond motifs is 4. The zero-order valence-corrected chi connectivity index (χ0v) is 24.1. The summed E-state index contributed by atoms with van der Waals surface area (Å²) in [6.07, 6.45) is 4.00. The van der Waals surface area contributed by atoms with Crippen LogP contribution in [-0.4, -0.2) is 12.4 Å². The van der Waals surface area contributed by atoms with Gasteiger partial charge in [-0.15, -0.1) is 0 Å². The molecule has 0 N–H and O–H groups in total. The summed E-state index contributed by atoms with van der Waals surface area (Å²) in [5.41, 5.74) is 6.18. The van der Waals surface area contributed by atoms with E-state index in [4.69, 9.17) is 9.98 Å². The summed E-state index contributed by atoms with van der Waals surface area (Å²) < 4.78 is 0. The van der Waals surface area contributed by atoms with E-state index in [1.165, 1.54) is 32.3 Å². The summed E-state index contributed by atoms with van der Waals surface area (Å²) in [6, 6.07) is 55.4. The number of hydrogen-bond acceptors (Lipinski definition) is 2. The van der Waals surface area contributed by atoms with Gasteiger partial charge in [0, 0.05) is 34.7 Å². The van der Waals surface area contributed by atoms with Crippen LogP contribution in [0.15, 0.2) is 168 Å².